The number of rotatable bonds is 10. The number of carbonyl (C=O) groups excluding carboxylic acids is 2. The molecule has 0 fully saturated rings. The van der Waals surface area contributed by atoms with E-state index in [1.807, 2.05) is 13.8 Å². The number of imidazole rings is 1. The number of aryl methyl sites for hydroxylation is 2. The van der Waals surface area contributed by atoms with E-state index in [2.05, 4.69) is 4.98 Å². The topological polar surface area (TPSA) is 114 Å². The number of aromatic nitrogens is 4. The molecule has 10 heteroatoms. The van der Waals surface area contributed by atoms with E-state index in [0.717, 1.165) is 0 Å². The standard InChI is InChI=1S/C34H32N4O6/c1-4-20-37-30-29(31(39)38(21-5-2)34(37)42)36(3)28(35-30)19-17-23-16-18-26(43-32(40)24-12-8-6-9-13-24)27(22-23)44-33(41)25-14-10-7-11-15-25/h6-19,22H,4-5,20-21H2,1-3H3. The molecule has 5 aromatic rings. The molecule has 0 N–H and O–H groups in total. The number of ether oxygens (including phenoxy) is 2. The third-order valence-corrected chi connectivity index (χ3v) is 6.99. The number of fused-ring (bicyclic) bond motifs is 1. The Morgan fingerprint density at radius 2 is 1.32 bits per heavy atom. The summed E-state index contributed by atoms with van der Waals surface area (Å²) in [7, 11) is 1.73. The van der Waals surface area contributed by atoms with Gasteiger partial charge in [-0.05, 0) is 60.9 Å². The van der Waals surface area contributed by atoms with E-state index in [1.165, 1.54) is 4.57 Å². The molecule has 0 aliphatic rings. The van der Waals surface area contributed by atoms with Gasteiger partial charge in [-0.2, -0.15) is 0 Å². The van der Waals surface area contributed by atoms with E-state index in [0.29, 0.717) is 59.6 Å². The molecule has 0 spiro atoms. The van der Waals surface area contributed by atoms with E-state index in [4.69, 9.17) is 9.47 Å². The Balaban J connectivity index is 1.53. The first-order valence-electron chi connectivity index (χ1n) is 14.4. The van der Waals surface area contributed by atoms with Crippen molar-refractivity contribution in [3.8, 4) is 11.5 Å². The van der Waals surface area contributed by atoms with Gasteiger partial charge in [0.2, 0.25) is 0 Å². The Bertz CT molecular complexity index is 1970. The van der Waals surface area contributed by atoms with Crippen molar-refractivity contribution in [3.05, 3.63) is 122 Å². The van der Waals surface area contributed by atoms with Crippen LogP contribution >= 0.6 is 0 Å². The highest BCUT2D eigenvalue weighted by Crippen LogP contribution is 2.31. The Kier molecular flexibility index (Phi) is 8.99. The van der Waals surface area contributed by atoms with Crippen LogP contribution < -0.4 is 20.7 Å². The second kappa shape index (κ2) is 13.2. The first-order valence-corrected chi connectivity index (χ1v) is 14.4. The Labute approximate surface area is 253 Å². The first-order chi connectivity index (χ1) is 21.3. The lowest BCUT2D eigenvalue weighted by Gasteiger charge is -2.12. The Morgan fingerprint density at radius 1 is 0.750 bits per heavy atom. The lowest BCUT2D eigenvalue weighted by molar-refractivity contribution is 0.0682. The van der Waals surface area contributed by atoms with Crippen LogP contribution in [0, 0.1) is 0 Å². The van der Waals surface area contributed by atoms with E-state index >= 15 is 0 Å². The fourth-order valence-corrected chi connectivity index (χ4v) is 4.80. The van der Waals surface area contributed by atoms with Gasteiger partial charge in [0, 0.05) is 20.1 Å². The SMILES string of the molecule is CCCn1c(=O)c2c(nc(C=Cc3ccc(OC(=O)c4ccccc4)c(OC(=O)c4ccccc4)c3)n2C)n(CCC)c1=O. The smallest absolute Gasteiger partial charge is 0.343 e. The number of carbonyl (C=O) groups is 2. The molecule has 0 aliphatic heterocycles. The number of benzene rings is 3. The van der Waals surface area contributed by atoms with Gasteiger partial charge >= 0.3 is 17.6 Å². The molecule has 0 radical (unpaired) electrons. The summed E-state index contributed by atoms with van der Waals surface area (Å²) in [4.78, 5) is 56.7. The highest BCUT2D eigenvalue weighted by molar-refractivity contribution is 5.93. The monoisotopic (exact) mass is 592 g/mol. The summed E-state index contributed by atoms with van der Waals surface area (Å²) in [6.45, 7) is 4.62. The molecular formula is C34H32N4O6. The van der Waals surface area contributed by atoms with Crippen LogP contribution in [0.3, 0.4) is 0 Å². The molecule has 0 aliphatic carbocycles. The largest absolute Gasteiger partial charge is 0.419 e. The molecule has 224 valence electrons. The normalized spacial score (nSPS) is 11.2. The quantitative estimate of drug-likeness (QED) is 0.159. The summed E-state index contributed by atoms with van der Waals surface area (Å²) < 4.78 is 15.8. The van der Waals surface area contributed by atoms with Gasteiger partial charge in [-0.25, -0.2) is 19.4 Å². The maximum absolute atomic E-state index is 13.3. The zero-order valence-corrected chi connectivity index (χ0v) is 24.7. The summed E-state index contributed by atoms with van der Waals surface area (Å²) in [5.41, 5.74) is 1.21. The second-order valence-electron chi connectivity index (χ2n) is 10.1. The molecular weight excluding hydrogens is 560 g/mol. The third kappa shape index (κ3) is 6.14. The predicted octanol–water partition coefficient (Wildman–Crippen LogP) is 5.33. The van der Waals surface area contributed by atoms with E-state index in [1.54, 1.807) is 107 Å². The Hall–Kier alpha value is -5.51. The van der Waals surface area contributed by atoms with Crippen LogP contribution in [0.4, 0.5) is 0 Å². The number of esters is 2. The average Bonchev–Trinajstić information content (AvgIpc) is 3.37. The van der Waals surface area contributed by atoms with Gasteiger partial charge in [0.1, 0.15) is 5.82 Å². The van der Waals surface area contributed by atoms with Crippen molar-refractivity contribution in [2.75, 3.05) is 0 Å². The van der Waals surface area contributed by atoms with Crippen molar-refractivity contribution >= 4 is 35.3 Å². The minimum Gasteiger partial charge on any atom is -0.419 e. The highest BCUT2D eigenvalue weighted by atomic mass is 16.6. The number of hydrogen-bond donors (Lipinski definition) is 0. The number of nitrogens with zero attached hydrogens (tertiary/aromatic N) is 4. The molecule has 5 rings (SSSR count). The average molecular weight is 593 g/mol. The van der Waals surface area contributed by atoms with Gasteiger partial charge in [-0.15, -0.1) is 0 Å². The minimum absolute atomic E-state index is 0.0505. The van der Waals surface area contributed by atoms with Gasteiger partial charge in [-0.1, -0.05) is 62.4 Å². The minimum atomic E-state index is -0.614. The van der Waals surface area contributed by atoms with Crippen LogP contribution in [-0.4, -0.2) is 30.6 Å². The second-order valence-corrected chi connectivity index (χ2v) is 10.1. The molecule has 3 aromatic carbocycles. The zero-order valence-electron chi connectivity index (χ0n) is 24.7. The van der Waals surface area contributed by atoms with E-state index in [-0.39, 0.29) is 22.7 Å². The van der Waals surface area contributed by atoms with Crippen LogP contribution in [0.2, 0.25) is 0 Å². The first kappa shape index (κ1) is 30.0. The van der Waals surface area contributed by atoms with Crippen molar-refractivity contribution in [2.24, 2.45) is 7.05 Å². The summed E-state index contributed by atoms with van der Waals surface area (Å²) in [6, 6.07) is 21.8. The summed E-state index contributed by atoms with van der Waals surface area (Å²) in [5, 5.41) is 0. The van der Waals surface area contributed by atoms with Crippen molar-refractivity contribution < 1.29 is 19.1 Å². The van der Waals surface area contributed by atoms with E-state index < -0.39 is 11.9 Å². The van der Waals surface area contributed by atoms with Crippen LogP contribution in [0.5, 0.6) is 11.5 Å². The fraction of sp³-hybridized carbons (Fsp3) is 0.206. The molecule has 0 unspecified atom stereocenters. The molecule has 0 saturated heterocycles. The van der Waals surface area contributed by atoms with Gasteiger partial charge in [0.05, 0.1) is 11.1 Å². The predicted molar refractivity (Wildman–Crippen MR) is 168 cm³/mol. The van der Waals surface area contributed by atoms with Crippen LogP contribution in [0.1, 0.15) is 58.8 Å². The zero-order chi connectivity index (χ0) is 31.2. The Morgan fingerprint density at radius 3 is 1.91 bits per heavy atom. The molecule has 44 heavy (non-hydrogen) atoms. The molecule has 0 bridgehead atoms. The number of hydrogen-bond acceptors (Lipinski definition) is 7. The highest BCUT2D eigenvalue weighted by Gasteiger charge is 2.20. The van der Waals surface area contributed by atoms with Crippen LogP contribution in [0.15, 0.2) is 88.5 Å². The van der Waals surface area contributed by atoms with Crippen molar-refractivity contribution in [2.45, 2.75) is 39.8 Å². The van der Waals surface area contributed by atoms with Crippen LogP contribution in [0.25, 0.3) is 23.3 Å². The van der Waals surface area contributed by atoms with Crippen LogP contribution in [-0.2, 0) is 20.1 Å². The summed E-state index contributed by atoms with van der Waals surface area (Å²) in [6.07, 6.45) is 4.78. The molecule has 2 heterocycles. The summed E-state index contributed by atoms with van der Waals surface area (Å²) in [5.74, 6) is -0.635. The van der Waals surface area contributed by atoms with Gasteiger partial charge in [0.25, 0.3) is 5.56 Å². The molecule has 0 saturated carbocycles. The van der Waals surface area contributed by atoms with E-state index in [9.17, 15) is 19.2 Å². The molecule has 10 nitrogen and oxygen atoms in total. The fourth-order valence-electron chi connectivity index (χ4n) is 4.80. The summed E-state index contributed by atoms with van der Waals surface area (Å²) >= 11 is 0. The van der Waals surface area contributed by atoms with Gasteiger partial charge < -0.3 is 14.0 Å². The van der Waals surface area contributed by atoms with Crippen molar-refractivity contribution in [1.82, 2.24) is 18.7 Å². The lowest BCUT2D eigenvalue weighted by Crippen LogP contribution is -2.40. The lowest BCUT2D eigenvalue weighted by atomic mass is 10.1. The van der Waals surface area contributed by atoms with Crippen molar-refractivity contribution in [3.63, 3.8) is 0 Å². The third-order valence-electron chi connectivity index (χ3n) is 6.99. The molecule has 2 aromatic heterocycles. The maximum Gasteiger partial charge on any atom is 0.343 e. The van der Waals surface area contributed by atoms with Gasteiger partial charge in [-0.3, -0.25) is 13.9 Å². The molecule has 0 atom stereocenters. The van der Waals surface area contributed by atoms with Gasteiger partial charge in [0.15, 0.2) is 22.7 Å². The van der Waals surface area contributed by atoms with Crippen molar-refractivity contribution in [1.29, 1.82) is 0 Å². The maximum atomic E-state index is 13.3. The molecule has 0 amide bonds.